The van der Waals surface area contributed by atoms with Gasteiger partial charge in [-0.25, -0.2) is 14.2 Å². The number of hydrogen-bond acceptors (Lipinski definition) is 6. The van der Waals surface area contributed by atoms with Crippen LogP contribution in [0.1, 0.15) is 50.9 Å². The van der Waals surface area contributed by atoms with Crippen LogP contribution in [0.3, 0.4) is 0 Å². The Balaban J connectivity index is 1.34. The summed E-state index contributed by atoms with van der Waals surface area (Å²) in [5.74, 6) is -2.64. The first-order valence-electron chi connectivity index (χ1n) is 15.1. The molecule has 3 heterocycles. The molecule has 46 heavy (non-hydrogen) atoms. The van der Waals surface area contributed by atoms with E-state index in [9.17, 15) is 23.9 Å². The van der Waals surface area contributed by atoms with E-state index >= 15 is 0 Å². The molecule has 238 valence electrons. The summed E-state index contributed by atoms with van der Waals surface area (Å²) < 4.78 is 16.1. The summed E-state index contributed by atoms with van der Waals surface area (Å²) in [7, 11) is 4.20. The van der Waals surface area contributed by atoms with Gasteiger partial charge in [0.15, 0.2) is 5.82 Å². The molecule has 10 nitrogen and oxygen atoms in total. The van der Waals surface area contributed by atoms with Crippen LogP contribution >= 0.6 is 11.6 Å². The number of halogens is 2. The van der Waals surface area contributed by atoms with Crippen LogP contribution in [0.25, 0.3) is 5.69 Å². The third-order valence-corrected chi connectivity index (χ3v) is 9.14. The van der Waals surface area contributed by atoms with Crippen LogP contribution in [0.15, 0.2) is 73.2 Å². The van der Waals surface area contributed by atoms with Crippen LogP contribution < -0.4 is 10.2 Å². The highest BCUT2D eigenvalue weighted by Crippen LogP contribution is 2.38. The van der Waals surface area contributed by atoms with Crippen molar-refractivity contribution >= 4 is 40.8 Å². The summed E-state index contributed by atoms with van der Waals surface area (Å²) in [4.78, 5) is 49.8. The van der Waals surface area contributed by atoms with Crippen molar-refractivity contribution in [2.45, 2.75) is 31.3 Å². The maximum absolute atomic E-state index is 14.7. The molecule has 0 bridgehead atoms. The molecule has 0 saturated carbocycles. The topological polar surface area (TPSA) is 111 Å². The van der Waals surface area contributed by atoms with E-state index in [-0.39, 0.29) is 28.5 Å². The number of carbonyl (C=O) groups is 3. The van der Waals surface area contributed by atoms with Crippen LogP contribution in [0.4, 0.5) is 15.8 Å². The molecule has 4 aromatic rings. The molecule has 12 heteroatoms. The molecule has 2 aliphatic rings. The first-order valence-corrected chi connectivity index (χ1v) is 15.5. The van der Waals surface area contributed by atoms with E-state index in [1.54, 1.807) is 6.07 Å². The number of carboxylic acid groups (broad SMARTS) is 1. The van der Waals surface area contributed by atoms with Gasteiger partial charge in [-0.2, -0.15) is 0 Å². The lowest BCUT2D eigenvalue weighted by atomic mass is 9.89. The predicted octanol–water partition coefficient (Wildman–Crippen LogP) is 5.27. The van der Waals surface area contributed by atoms with Gasteiger partial charge in [0.25, 0.3) is 11.8 Å². The number of fused-ring (bicyclic) bond motifs is 1. The standard InChI is InChI=1S/C34H34ClFN6O4/c1-39(2)23-13-16-40(17-14-23)28-7-3-5-25-24(28)15-18-42(31(25)32(43)38-22-11-9-21(10-12-22)34(45)46)33(44)27-19-41(20-37-27)29-8-4-6-26(35)30(29)36/h3-12,19-20,23,31H,13-18H2,1-2H3,(H,38,43)(H,45,46)/t31-/m1/s1. The molecular formula is C34H34ClFN6O4. The minimum atomic E-state index is -1.07. The monoisotopic (exact) mass is 644 g/mol. The highest BCUT2D eigenvalue weighted by Gasteiger charge is 2.39. The number of anilines is 2. The summed E-state index contributed by atoms with van der Waals surface area (Å²) in [6.45, 7) is 2.02. The second-order valence-electron chi connectivity index (χ2n) is 11.8. The second-order valence-corrected chi connectivity index (χ2v) is 12.2. The number of benzene rings is 3. The zero-order chi connectivity index (χ0) is 32.5. The maximum Gasteiger partial charge on any atom is 0.335 e. The molecule has 2 N–H and O–H groups in total. The molecule has 0 aliphatic carbocycles. The van der Waals surface area contributed by atoms with E-state index in [1.165, 1.54) is 58.4 Å². The van der Waals surface area contributed by atoms with Gasteiger partial charge < -0.3 is 29.7 Å². The van der Waals surface area contributed by atoms with Crippen LogP contribution in [0, 0.1) is 5.82 Å². The third-order valence-electron chi connectivity index (χ3n) is 8.85. The number of piperidine rings is 1. The number of carboxylic acids is 1. The Morgan fingerprint density at radius 2 is 1.67 bits per heavy atom. The lowest BCUT2D eigenvalue weighted by Gasteiger charge is -2.41. The Bertz CT molecular complexity index is 1780. The largest absolute Gasteiger partial charge is 0.478 e. The molecule has 1 aromatic heterocycles. The van der Waals surface area contributed by atoms with Crippen molar-refractivity contribution in [1.29, 1.82) is 0 Å². The first-order chi connectivity index (χ1) is 22.1. The van der Waals surface area contributed by atoms with Crippen LogP contribution in [0.5, 0.6) is 0 Å². The molecule has 1 fully saturated rings. The van der Waals surface area contributed by atoms with Gasteiger partial charge in [0.05, 0.1) is 16.3 Å². The lowest BCUT2D eigenvalue weighted by molar-refractivity contribution is -0.121. The number of aromatic nitrogens is 2. The Labute approximate surface area is 271 Å². The smallest absolute Gasteiger partial charge is 0.335 e. The van der Waals surface area contributed by atoms with Crippen LogP contribution in [-0.2, 0) is 11.2 Å². The van der Waals surface area contributed by atoms with Crippen LogP contribution in [-0.4, -0.2) is 82.0 Å². The molecule has 1 saturated heterocycles. The van der Waals surface area contributed by atoms with Crippen molar-refractivity contribution in [2.75, 3.05) is 43.9 Å². The van der Waals surface area contributed by atoms with Gasteiger partial charge in [-0.1, -0.05) is 29.8 Å². The predicted molar refractivity (Wildman–Crippen MR) is 173 cm³/mol. The first kappa shape index (κ1) is 31.3. The summed E-state index contributed by atoms with van der Waals surface area (Å²) in [6, 6.07) is 15.8. The molecule has 0 radical (unpaired) electrons. The van der Waals surface area contributed by atoms with Gasteiger partial charge in [0.1, 0.15) is 18.1 Å². The fourth-order valence-corrected chi connectivity index (χ4v) is 6.55. The number of hydrogen-bond donors (Lipinski definition) is 2. The minimum Gasteiger partial charge on any atom is -0.478 e. The van der Waals surface area contributed by atoms with Gasteiger partial charge in [0.2, 0.25) is 0 Å². The Morgan fingerprint density at radius 1 is 0.978 bits per heavy atom. The second kappa shape index (κ2) is 12.9. The average molecular weight is 645 g/mol. The van der Waals surface area contributed by atoms with Crippen molar-refractivity contribution < 1.29 is 23.9 Å². The van der Waals surface area contributed by atoms with E-state index in [4.69, 9.17) is 11.6 Å². The summed E-state index contributed by atoms with van der Waals surface area (Å²) in [5, 5.41) is 12.1. The van der Waals surface area contributed by atoms with E-state index in [1.807, 2.05) is 12.1 Å². The van der Waals surface area contributed by atoms with Gasteiger partial charge >= 0.3 is 5.97 Å². The zero-order valence-corrected chi connectivity index (χ0v) is 26.2. The number of amides is 2. The van der Waals surface area contributed by atoms with Gasteiger partial charge in [-0.05, 0) is 86.9 Å². The van der Waals surface area contributed by atoms with Crippen molar-refractivity contribution in [3.63, 3.8) is 0 Å². The molecule has 0 unspecified atom stereocenters. The number of aromatic carboxylic acids is 1. The molecule has 1 atom stereocenters. The molecule has 2 aliphatic heterocycles. The Kier molecular flexibility index (Phi) is 8.79. The van der Waals surface area contributed by atoms with Gasteiger partial charge in [-0.3, -0.25) is 9.59 Å². The minimum absolute atomic E-state index is 0.0494. The Morgan fingerprint density at radius 3 is 2.37 bits per heavy atom. The molecule has 6 rings (SSSR count). The van der Waals surface area contributed by atoms with E-state index < -0.39 is 29.6 Å². The SMILES string of the molecule is CN(C)C1CCN(c2cccc3c2CCN(C(=O)c2cn(-c4cccc(Cl)c4F)cn2)[C@H]3C(=O)Nc2ccc(C(=O)O)cc2)CC1. The normalized spacial score (nSPS) is 16.8. The molecule has 3 aromatic carbocycles. The van der Waals surface area contributed by atoms with E-state index in [0.717, 1.165) is 37.2 Å². The number of carbonyl (C=O) groups excluding carboxylic acids is 2. The summed E-state index contributed by atoms with van der Waals surface area (Å²) in [6.07, 6.45) is 5.35. The van der Waals surface area contributed by atoms with Crippen LogP contribution in [0.2, 0.25) is 5.02 Å². The molecule has 0 spiro atoms. The summed E-state index contributed by atoms with van der Waals surface area (Å²) in [5.41, 5.74) is 3.48. The van der Waals surface area contributed by atoms with Crippen molar-refractivity contribution in [1.82, 2.24) is 19.4 Å². The maximum atomic E-state index is 14.7. The fraction of sp³-hybridized carbons (Fsp3) is 0.294. The average Bonchev–Trinajstić information content (AvgIpc) is 3.55. The highest BCUT2D eigenvalue weighted by molar-refractivity contribution is 6.30. The fourth-order valence-electron chi connectivity index (χ4n) is 6.38. The van der Waals surface area contributed by atoms with Crippen molar-refractivity contribution in [3.05, 3.63) is 106 Å². The number of imidazole rings is 1. The van der Waals surface area contributed by atoms with Gasteiger partial charge in [-0.15, -0.1) is 0 Å². The number of rotatable bonds is 7. The van der Waals surface area contributed by atoms with E-state index in [0.29, 0.717) is 23.7 Å². The Hall–Kier alpha value is -4.74. The van der Waals surface area contributed by atoms with Crippen molar-refractivity contribution in [2.24, 2.45) is 0 Å². The lowest BCUT2D eigenvalue weighted by Crippen LogP contribution is -2.46. The highest BCUT2D eigenvalue weighted by atomic mass is 35.5. The summed E-state index contributed by atoms with van der Waals surface area (Å²) >= 11 is 5.97. The van der Waals surface area contributed by atoms with Gasteiger partial charge in [0, 0.05) is 43.2 Å². The van der Waals surface area contributed by atoms with E-state index in [2.05, 4.69) is 40.3 Å². The molecular weight excluding hydrogens is 611 g/mol. The molecule has 2 amide bonds. The zero-order valence-electron chi connectivity index (χ0n) is 25.5. The quantitative estimate of drug-likeness (QED) is 0.282. The third kappa shape index (κ3) is 6.08. The number of nitrogens with one attached hydrogen (secondary N) is 1. The number of nitrogens with zero attached hydrogens (tertiary/aromatic N) is 5. The van der Waals surface area contributed by atoms with Crippen molar-refractivity contribution in [3.8, 4) is 5.69 Å².